The van der Waals surface area contributed by atoms with E-state index in [1.165, 1.54) is 0 Å². The number of rotatable bonds is 6. The SMILES string of the molecule is CCc1onc(C)c1NC(=O)N[C@H]1CCO[C@H](C(CC)CC)C1. The summed E-state index contributed by atoms with van der Waals surface area (Å²) in [5.74, 6) is 1.27. The van der Waals surface area contributed by atoms with Crippen LogP contribution in [-0.4, -0.2) is 29.9 Å². The summed E-state index contributed by atoms with van der Waals surface area (Å²) >= 11 is 0. The number of nitrogens with one attached hydrogen (secondary N) is 2. The summed E-state index contributed by atoms with van der Waals surface area (Å²) in [5.41, 5.74) is 1.40. The smallest absolute Gasteiger partial charge is 0.319 e. The van der Waals surface area contributed by atoms with Crippen molar-refractivity contribution in [2.45, 2.75) is 71.9 Å². The Kier molecular flexibility index (Phi) is 6.45. The van der Waals surface area contributed by atoms with Crippen molar-refractivity contribution in [1.82, 2.24) is 10.5 Å². The molecule has 0 spiro atoms. The van der Waals surface area contributed by atoms with Crippen molar-refractivity contribution >= 4 is 11.7 Å². The fourth-order valence-electron chi connectivity index (χ4n) is 3.26. The Morgan fingerprint density at radius 1 is 1.35 bits per heavy atom. The van der Waals surface area contributed by atoms with Crippen LogP contribution in [0.1, 0.15) is 57.9 Å². The number of carbonyl (C=O) groups excluding carboxylic acids is 1. The molecule has 0 unspecified atom stereocenters. The van der Waals surface area contributed by atoms with Gasteiger partial charge in [-0.2, -0.15) is 0 Å². The van der Waals surface area contributed by atoms with E-state index in [2.05, 4.69) is 29.6 Å². The van der Waals surface area contributed by atoms with E-state index in [1.54, 1.807) is 0 Å². The van der Waals surface area contributed by atoms with Crippen LogP contribution >= 0.6 is 0 Å². The molecule has 1 saturated heterocycles. The van der Waals surface area contributed by atoms with Crippen molar-refractivity contribution in [3.63, 3.8) is 0 Å². The number of hydrogen-bond acceptors (Lipinski definition) is 4. The molecule has 0 aliphatic carbocycles. The molecule has 1 aliphatic heterocycles. The number of hydrogen-bond donors (Lipinski definition) is 2. The standard InChI is InChI=1S/C17H29N3O3/c1-5-12(6-2)15-10-13(8-9-22-15)18-17(21)19-16-11(4)20-23-14(16)7-3/h12-13,15H,5-10H2,1-4H3,(H2,18,19,21)/t13-,15-/m0/s1. The number of aromatic nitrogens is 1. The van der Waals surface area contributed by atoms with Crippen LogP contribution < -0.4 is 10.6 Å². The van der Waals surface area contributed by atoms with E-state index in [1.807, 2.05) is 13.8 Å². The molecule has 0 radical (unpaired) electrons. The van der Waals surface area contributed by atoms with Crippen molar-refractivity contribution < 1.29 is 14.1 Å². The van der Waals surface area contributed by atoms with E-state index in [-0.39, 0.29) is 18.2 Å². The Morgan fingerprint density at radius 2 is 2.09 bits per heavy atom. The highest BCUT2D eigenvalue weighted by molar-refractivity contribution is 5.90. The summed E-state index contributed by atoms with van der Waals surface area (Å²) in [4.78, 5) is 12.3. The van der Waals surface area contributed by atoms with Crippen LogP contribution in [0.3, 0.4) is 0 Å². The summed E-state index contributed by atoms with van der Waals surface area (Å²) in [6, 6.07) is -0.0409. The monoisotopic (exact) mass is 323 g/mol. The highest BCUT2D eigenvalue weighted by Crippen LogP contribution is 2.25. The lowest BCUT2D eigenvalue weighted by Crippen LogP contribution is -2.45. The number of aryl methyl sites for hydroxylation is 2. The van der Waals surface area contributed by atoms with Crippen LogP contribution in [0.25, 0.3) is 0 Å². The number of anilines is 1. The largest absolute Gasteiger partial charge is 0.378 e. The Morgan fingerprint density at radius 3 is 2.74 bits per heavy atom. The first kappa shape index (κ1) is 17.8. The van der Waals surface area contributed by atoms with Crippen LogP contribution in [0.4, 0.5) is 10.5 Å². The Labute approximate surface area is 138 Å². The molecule has 1 aliphatic rings. The lowest BCUT2D eigenvalue weighted by atomic mass is 9.89. The normalized spacial score (nSPS) is 21.4. The lowest BCUT2D eigenvalue weighted by Gasteiger charge is -2.34. The molecule has 23 heavy (non-hydrogen) atoms. The van der Waals surface area contributed by atoms with Gasteiger partial charge in [0.15, 0.2) is 5.76 Å². The maximum Gasteiger partial charge on any atom is 0.319 e. The molecule has 2 heterocycles. The van der Waals surface area contributed by atoms with Gasteiger partial charge >= 0.3 is 6.03 Å². The zero-order valence-electron chi connectivity index (χ0n) is 14.6. The van der Waals surface area contributed by atoms with E-state index in [9.17, 15) is 4.79 Å². The second-order valence-electron chi connectivity index (χ2n) is 6.23. The van der Waals surface area contributed by atoms with Crippen molar-refractivity contribution in [3.8, 4) is 0 Å². The van der Waals surface area contributed by atoms with E-state index < -0.39 is 0 Å². The average Bonchev–Trinajstić information content (AvgIpc) is 2.89. The molecule has 1 fully saturated rings. The van der Waals surface area contributed by atoms with E-state index in [0.717, 1.165) is 25.7 Å². The zero-order chi connectivity index (χ0) is 16.8. The van der Waals surface area contributed by atoms with E-state index in [4.69, 9.17) is 9.26 Å². The van der Waals surface area contributed by atoms with Crippen LogP contribution in [0.15, 0.2) is 4.52 Å². The van der Waals surface area contributed by atoms with Crippen molar-refractivity contribution in [2.75, 3.05) is 11.9 Å². The third-order valence-electron chi connectivity index (χ3n) is 4.72. The first-order valence-electron chi connectivity index (χ1n) is 8.73. The van der Waals surface area contributed by atoms with Gasteiger partial charge in [0.1, 0.15) is 11.4 Å². The van der Waals surface area contributed by atoms with E-state index >= 15 is 0 Å². The van der Waals surface area contributed by atoms with Crippen LogP contribution in [0.2, 0.25) is 0 Å². The highest BCUT2D eigenvalue weighted by atomic mass is 16.5. The number of carbonyl (C=O) groups is 1. The van der Waals surface area contributed by atoms with Gasteiger partial charge in [0.25, 0.3) is 0 Å². The maximum absolute atomic E-state index is 12.3. The molecule has 130 valence electrons. The zero-order valence-corrected chi connectivity index (χ0v) is 14.6. The van der Waals surface area contributed by atoms with Gasteiger partial charge in [-0.3, -0.25) is 0 Å². The molecule has 2 N–H and O–H groups in total. The first-order chi connectivity index (χ1) is 11.1. The molecule has 1 aromatic rings. The molecular weight excluding hydrogens is 294 g/mol. The molecule has 6 heteroatoms. The molecule has 1 aromatic heterocycles. The van der Waals surface area contributed by atoms with Gasteiger partial charge in [0.2, 0.25) is 0 Å². The predicted octanol–water partition coefficient (Wildman–Crippen LogP) is 3.65. The Hall–Kier alpha value is -1.56. The van der Waals surface area contributed by atoms with Crippen molar-refractivity contribution in [3.05, 3.63) is 11.5 Å². The number of urea groups is 1. The average molecular weight is 323 g/mol. The second kappa shape index (κ2) is 8.34. The van der Waals surface area contributed by atoms with Gasteiger partial charge in [0.05, 0.1) is 6.10 Å². The fourth-order valence-corrected chi connectivity index (χ4v) is 3.26. The first-order valence-corrected chi connectivity index (χ1v) is 8.73. The van der Waals surface area contributed by atoms with Gasteiger partial charge in [-0.25, -0.2) is 4.79 Å². The molecule has 0 aromatic carbocycles. The minimum absolute atomic E-state index is 0.152. The van der Waals surface area contributed by atoms with Gasteiger partial charge in [-0.15, -0.1) is 0 Å². The molecule has 2 rings (SSSR count). The molecule has 0 bridgehead atoms. The molecular formula is C17H29N3O3. The molecule has 0 saturated carbocycles. The summed E-state index contributed by atoms with van der Waals surface area (Å²) in [7, 11) is 0. The maximum atomic E-state index is 12.3. The van der Waals surface area contributed by atoms with E-state index in [0.29, 0.717) is 36.1 Å². The van der Waals surface area contributed by atoms with Crippen LogP contribution in [-0.2, 0) is 11.2 Å². The number of nitrogens with zero attached hydrogens (tertiary/aromatic N) is 1. The van der Waals surface area contributed by atoms with Gasteiger partial charge in [-0.1, -0.05) is 38.8 Å². The van der Waals surface area contributed by atoms with Gasteiger partial charge in [0, 0.05) is 19.1 Å². The predicted molar refractivity (Wildman–Crippen MR) is 89.6 cm³/mol. The lowest BCUT2D eigenvalue weighted by molar-refractivity contribution is -0.0329. The minimum Gasteiger partial charge on any atom is -0.378 e. The summed E-state index contributed by atoms with van der Waals surface area (Å²) < 4.78 is 11.1. The summed E-state index contributed by atoms with van der Waals surface area (Å²) in [5, 5.41) is 9.86. The number of amides is 2. The Bertz CT molecular complexity index is 511. The third-order valence-corrected chi connectivity index (χ3v) is 4.72. The summed E-state index contributed by atoms with van der Waals surface area (Å²) in [6.45, 7) is 8.90. The highest BCUT2D eigenvalue weighted by Gasteiger charge is 2.28. The van der Waals surface area contributed by atoms with Gasteiger partial charge < -0.3 is 19.9 Å². The van der Waals surface area contributed by atoms with Crippen LogP contribution in [0.5, 0.6) is 0 Å². The van der Waals surface area contributed by atoms with Crippen LogP contribution in [0, 0.1) is 12.8 Å². The molecule has 6 nitrogen and oxygen atoms in total. The molecule has 2 amide bonds. The summed E-state index contributed by atoms with van der Waals surface area (Å²) in [6.07, 6.45) is 4.90. The quantitative estimate of drug-likeness (QED) is 0.838. The second-order valence-corrected chi connectivity index (χ2v) is 6.23. The van der Waals surface area contributed by atoms with Crippen molar-refractivity contribution in [1.29, 1.82) is 0 Å². The molecule has 2 atom stereocenters. The Balaban J connectivity index is 1.91. The fraction of sp³-hybridized carbons (Fsp3) is 0.765. The number of ether oxygens (including phenoxy) is 1. The minimum atomic E-state index is -0.193. The van der Waals surface area contributed by atoms with Gasteiger partial charge in [-0.05, 0) is 25.7 Å². The third kappa shape index (κ3) is 4.47. The van der Waals surface area contributed by atoms with Crippen molar-refractivity contribution in [2.24, 2.45) is 5.92 Å². The topological polar surface area (TPSA) is 76.4 Å².